The Morgan fingerprint density at radius 2 is 0.850 bits per heavy atom. The third-order valence-electron chi connectivity index (χ3n) is 14.9. The highest BCUT2D eigenvalue weighted by molar-refractivity contribution is 6.32. The van der Waals surface area contributed by atoms with E-state index in [1.807, 2.05) is 179 Å². The molecule has 0 unspecified atom stereocenters. The molecule has 0 saturated carbocycles. The number of aryl methyl sites for hydroxylation is 4. The van der Waals surface area contributed by atoms with Crippen molar-refractivity contribution >= 4 is 59.1 Å². The molecule has 0 atom stereocenters. The van der Waals surface area contributed by atoms with E-state index < -0.39 is 41.4 Å². The first kappa shape index (κ1) is 81.1. The minimum atomic E-state index is -1.14. The lowest BCUT2D eigenvalue weighted by atomic mass is 10.1. The number of nitrogens with two attached hydrogens (primary N) is 1. The summed E-state index contributed by atoms with van der Waals surface area (Å²) in [5, 5.41) is 19.1. The van der Waals surface area contributed by atoms with Gasteiger partial charge < -0.3 is 58.7 Å². The van der Waals surface area contributed by atoms with Crippen LogP contribution in [-0.2, 0) is 73.8 Å². The van der Waals surface area contributed by atoms with Gasteiger partial charge in [0.05, 0.1) is 44.5 Å². The molecule has 0 aliphatic rings. The van der Waals surface area contributed by atoms with Crippen molar-refractivity contribution in [1.82, 2.24) is 45.9 Å². The van der Waals surface area contributed by atoms with E-state index in [-0.39, 0.29) is 61.4 Å². The predicted octanol–water partition coefficient (Wildman–Crippen LogP) is 12.2. The van der Waals surface area contributed by atoms with Crippen LogP contribution in [-0.4, -0.2) is 108 Å². The third-order valence-corrected chi connectivity index (χ3v) is 14.9. The predicted molar refractivity (Wildman–Crippen MR) is 395 cm³/mol. The molecule has 0 spiro atoms. The van der Waals surface area contributed by atoms with Gasteiger partial charge in [-0.25, -0.2) is 49.1 Å². The van der Waals surface area contributed by atoms with Gasteiger partial charge >= 0.3 is 53.5 Å². The molecule has 6 heterocycles. The lowest BCUT2D eigenvalue weighted by Gasteiger charge is -2.20. The Balaban J connectivity index is 0.000000192. The lowest BCUT2D eigenvalue weighted by molar-refractivity contribution is -0.154. The van der Waals surface area contributed by atoms with Crippen LogP contribution in [0, 0.1) is 27.7 Å². The van der Waals surface area contributed by atoms with E-state index in [4.69, 9.17) is 38.0 Å². The van der Waals surface area contributed by atoms with E-state index in [9.17, 15) is 38.4 Å². The monoisotopic (exact) mass is 1460 g/mol. The van der Waals surface area contributed by atoms with Crippen molar-refractivity contribution in [3.05, 3.63) is 297 Å². The van der Waals surface area contributed by atoms with Crippen molar-refractivity contribution < 1.29 is 75.3 Å². The number of hydrogen-bond acceptors (Lipinski definition) is 22. The van der Waals surface area contributed by atoms with Gasteiger partial charge in [0.15, 0.2) is 5.78 Å². The highest BCUT2D eigenvalue weighted by Gasteiger charge is 2.22. The summed E-state index contributed by atoms with van der Waals surface area (Å²) in [5.74, 6) is -1.28. The molecule has 0 radical (unpaired) electrons. The number of esters is 2. The second-order valence-corrected chi connectivity index (χ2v) is 24.6. The van der Waals surface area contributed by atoms with E-state index in [1.54, 1.807) is 65.3 Å². The fourth-order valence-electron chi connectivity index (χ4n) is 9.92. The summed E-state index contributed by atoms with van der Waals surface area (Å²) in [6.07, 6.45) is 8.14. The molecule has 6 aromatic heterocycles. The van der Waals surface area contributed by atoms with Crippen molar-refractivity contribution in [3.8, 4) is 0 Å². The fourth-order valence-corrected chi connectivity index (χ4v) is 9.92. The average molecular weight is 1460 g/mol. The Bertz CT molecular complexity index is 4660. The first-order chi connectivity index (χ1) is 51.3. The highest BCUT2D eigenvalue weighted by atomic mass is 16.6. The zero-order valence-electron chi connectivity index (χ0n) is 60.8. The maximum absolute atomic E-state index is 12.5. The van der Waals surface area contributed by atoms with Gasteiger partial charge in [-0.2, -0.15) is 0 Å². The summed E-state index contributed by atoms with van der Waals surface area (Å²) < 4.78 is 36.1. The van der Waals surface area contributed by atoms with E-state index in [1.165, 1.54) is 6.20 Å². The number of rotatable bonds is 23. The molecule has 5 aromatic carbocycles. The van der Waals surface area contributed by atoms with Gasteiger partial charge in [-0.1, -0.05) is 152 Å². The van der Waals surface area contributed by atoms with Gasteiger partial charge in [-0.15, -0.1) is 0 Å². The molecule has 11 rings (SSSR count). The molecule has 27 heteroatoms. The number of benzene rings is 5. The molecule has 0 saturated heterocycles. The number of hydrogen-bond donors (Lipinski definition) is 6. The van der Waals surface area contributed by atoms with Gasteiger partial charge in [0, 0.05) is 56.6 Å². The number of nitrogens with zero attached hydrogens (tertiary/aromatic N) is 6. The van der Waals surface area contributed by atoms with Gasteiger partial charge in [0.1, 0.15) is 40.3 Å². The van der Waals surface area contributed by atoms with E-state index in [0.29, 0.717) is 79.2 Å². The lowest BCUT2D eigenvalue weighted by Crippen LogP contribution is -2.36. The van der Waals surface area contributed by atoms with Crippen molar-refractivity contribution in [2.75, 3.05) is 30.8 Å². The molecule has 556 valence electrons. The highest BCUT2D eigenvalue weighted by Crippen LogP contribution is 2.21. The molecule has 0 bridgehead atoms. The number of aromatic carboxylic acids is 1. The van der Waals surface area contributed by atoms with Gasteiger partial charge in [-0.05, 0) is 125 Å². The van der Waals surface area contributed by atoms with E-state index in [2.05, 4.69) is 55.9 Å². The Labute approximate surface area is 618 Å². The second kappa shape index (κ2) is 41.2. The normalized spacial score (nSPS) is 10.5. The summed E-state index contributed by atoms with van der Waals surface area (Å²) in [5.41, 5.74) is 15.5. The minimum Gasteiger partial charge on any atom is -0.474 e. The van der Waals surface area contributed by atoms with Crippen molar-refractivity contribution in [2.24, 2.45) is 0 Å². The Hall–Kier alpha value is -13.2. The minimum absolute atomic E-state index is 0.0118. The fraction of sp³-hybridized carbons (Fsp3) is 0.250. The number of amides is 4. The van der Waals surface area contributed by atoms with Crippen LogP contribution < -0.4 is 27.0 Å². The van der Waals surface area contributed by atoms with Crippen LogP contribution in [0.5, 0.6) is 0 Å². The summed E-state index contributed by atoms with van der Waals surface area (Å²) in [6.45, 7) is 17.1. The maximum atomic E-state index is 12.5. The molecule has 0 aliphatic carbocycles. The number of carboxylic acids is 1. The number of pyridine rings is 2. The number of Topliss-reactive ketones (excluding diaryl/α,β-unsaturated/α-hetero) is 1. The Morgan fingerprint density at radius 1 is 0.477 bits per heavy atom. The number of carbonyl (C=O) groups excluding carboxylic acids is 7. The summed E-state index contributed by atoms with van der Waals surface area (Å²) in [4.78, 5) is 117. The number of carbonyl (C=O) groups is 8. The number of anilines is 2. The van der Waals surface area contributed by atoms with Gasteiger partial charge in [-0.3, -0.25) is 24.5 Å². The van der Waals surface area contributed by atoms with E-state index >= 15 is 0 Å². The number of oxazole rings is 4. The van der Waals surface area contributed by atoms with Crippen LogP contribution in [0.2, 0.25) is 0 Å². The van der Waals surface area contributed by atoms with Crippen molar-refractivity contribution in [2.45, 2.75) is 113 Å². The van der Waals surface area contributed by atoms with Gasteiger partial charge in [0.25, 0.3) is 11.8 Å². The number of carboxylic acid groups (broad SMARTS) is 1. The number of aromatic nitrogens is 6. The molecule has 0 aliphatic heterocycles. The quantitative estimate of drug-likeness (QED) is 0.0197. The van der Waals surface area contributed by atoms with Crippen molar-refractivity contribution in [1.29, 1.82) is 0 Å². The molecule has 107 heavy (non-hydrogen) atoms. The number of nitrogen functional groups attached to an aromatic ring is 1. The third kappa shape index (κ3) is 28.2. The molecular formula is C80H85N11O16. The second-order valence-electron chi connectivity index (χ2n) is 24.6. The Kier molecular flexibility index (Phi) is 31.2. The zero-order chi connectivity index (χ0) is 77.3. The molecule has 11 aromatic rings. The molecule has 7 N–H and O–H groups in total. The standard InChI is InChI=1S/C24H28N4O4.C19H20N4O2.C13H15NO4.C13H13NO3.C11H9NO3/c1-15-11-20(28-23(30)32-24(3,4)5)27-16(2)19(15)14-25-21(29)22-26-13-18(31-22)12-17-9-7-6-8-10-17;1-12-8-17(20)23-13(2)16(12)11-21-18(24)19-22-10-15(25-19)9-14-6-4-3-5-7-14;1-2-18-13(17)12(16)14-9-11(15)8-10-6-4-3-5-7-10;1-2-16-13(15)12-14-9-11(17-12)8-10-6-4-3-5-7-10;13-11(14)10-12-7-9(15-10)6-8-4-2-1-3-5-8/h6-11,13H,12,14H2,1-5H3,(H,25,29)(H,27,28,30);3-8,10H,9,11H2,1-2H3,(H2,20,23)(H,21,24);3-7H,2,8-9H2,1H3,(H,14,16);3-7,9H,2,8H2,1H3;1-5,7H,6H2,(H,13,14). The first-order valence-electron chi connectivity index (χ1n) is 33.9. The topological polar surface area (TPSA) is 389 Å². The molecule has 0 fully saturated rings. The van der Waals surface area contributed by atoms with Crippen LogP contribution in [0.25, 0.3) is 0 Å². The smallest absolute Gasteiger partial charge is 0.413 e. The maximum Gasteiger partial charge on any atom is 0.413 e. The van der Waals surface area contributed by atoms with Crippen LogP contribution >= 0.6 is 0 Å². The van der Waals surface area contributed by atoms with Crippen LogP contribution in [0.15, 0.2) is 206 Å². The van der Waals surface area contributed by atoms with E-state index in [0.717, 1.165) is 55.8 Å². The largest absolute Gasteiger partial charge is 0.474 e. The first-order valence-corrected chi connectivity index (χ1v) is 33.9. The van der Waals surface area contributed by atoms with Crippen LogP contribution in [0.4, 0.5) is 16.4 Å². The molecule has 27 nitrogen and oxygen atoms in total. The number of ketones is 1. The SMILES string of the molecule is CCOC(=O)C(=O)NCC(=O)Cc1ccccc1.CCOC(=O)c1ncc(Cc2ccccc2)o1.Cc1cc(N)nc(C)c1CNC(=O)c1ncc(Cc2ccccc2)o1.Cc1cc(NC(=O)OC(C)(C)C)nc(C)c1CNC(=O)c1ncc(Cc2ccccc2)o1.O=C(O)c1ncc(Cc2ccccc2)o1. The van der Waals surface area contributed by atoms with Crippen LogP contribution in [0.3, 0.4) is 0 Å². The molecule has 4 amide bonds. The molecular weight excluding hydrogens is 1370 g/mol. The Morgan fingerprint density at radius 3 is 1.23 bits per heavy atom. The summed E-state index contributed by atoms with van der Waals surface area (Å²) >= 11 is 0. The zero-order valence-corrected chi connectivity index (χ0v) is 60.8. The number of nitrogens with one attached hydrogen (secondary N) is 4. The summed E-state index contributed by atoms with van der Waals surface area (Å²) in [6, 6.07) is 51.9. The number of ether oxygens (including phenoxy) is 3. The summed E-state index contributed by atoms with van der Waals surface area (Å²) in [7, 11) is 0. The average Bonchev–Trinajstić information content (AvgIpc) is 1.57. The van der Waals surface area contributed by atoms with Crippen molar-refractivity contribution in [3.63, 3.8) is 0 Å². The van der Waals surface area contributed by atoms with Gasteiger partial charge in [0.2, 0.25) is 0 Å². The van der Waals surface area contributed by atoms with Crippen LogP contribution in [0.1, 0.15) is 162 Å².